The largest absolute Gasteiger partial charge is 0.352 e. The standard InChI is InChI=1S/C16H24N2O/c1-4-13-5-7-14(8-6-13)15-9-16(17-12(2)19)11-18(3)10-15/h5-8,15-16H,4,9-11H2,1-3H3,(H,17,19). The molecule has 0 saturated carbocycles. The zero-order chi connectivity index (χ0) is 13.8. The van der Waals surface area contributed by atoms with Gasteiger partial charge in [0, 0.05) is 26.1 Å². The Kier molecular flexibility index (Phi) is 4.59. The van der Waals surface area contributed by atoms with Gasteiger partial charge >= 0.3 is 0 Å². The molecule has 1 fully saturated rings. The summed E-state index contributed by atoms with van der Waals surface area (Å²) in [5, 5.41) is 3.05. The molecule has 19 heavy (non-hydrogen) atoms. The molecular weight excluding hydrogens is 236 g/mol. The summed E-state index contributed by atoms with van der Waals surface area (Å²) < 4.78 is 0. The summed E-state index contributed by atoms with van der Waals surface area (Å²) in [5.74, 6) is 0.585. The fourth-order valence-electron chi connectivity index (χ4n) is 2.98. The van der Waals surface area contributed by atoms with Crippen LogP contribution in [0.2, 0.25) is 0 Å². The number of amides is 1. The molecule has 0 spiro atoms. The van der Waals surface area contributed by atoms with E-state index in [1.165, 1.54) is 11.1 Å². The van der Waals surface area contributed by atoms with E-state index in [0.29, 0.717) is 5.92 Å². The van der Waals surface area contributed by atoms with E-state index >= 15 is 0 Å². The lowest BCUT2D eigenvalue weighted by Crippen LogP contribution is -2.48. The van der Waals surface area contributed by atoms with Crippen LogP contribution in [0.15, 0.2) is 24.3 Å². The van der Waals surface area contributed by atoms with E-state index < -0.39 is 0 Å². The number of nitrogens with one attached hydrogen (secondary N) is 1. The molecule has 1 aliphatic heterocycles. The van der Waals surface area contributed by atoms with Crippen molar-refractivity contribution in [1.29, 1.82) is 0 Å². The second-order valence-electron chi connectivity index (χ2n) is 5.65. The van der Waals surface area contributed by atoms with Gasteiger partial charge in [0.1, 0.15) is 0 Å². The average Bonchev–Trinajstić information content (AvgIpc) is 2.37. The van der Waals surface area contributed by atoms with Crippen LogP contribution < -0.4 is 5.32 Å². The Morgan fingerprint density at radius 1 is 1.32 bits per heavy atom. The number of piperidine rings is 1. The third kappa shape index (κ3) is 3.80. The fraction of sp³-hybridized carbons (Fsp3) is 0.562. The molecule has 1 aromatic carbocycles. The number of hydrogen-bond acceptors (Lipinski definition) is 2. The second kappa shape index (κ2) is 6.20. The molecule has 0 aliphatic carbocycles. The lowest BCUT2D eigenvalue weighted by Gasteiger charge is -2.36. The Labute approximate surface area is 116 Å². The van der Waals surface area contributed by atoms with Gasteiger partial charge in [0.2, 0.25) is 5.91 Å². The Bertz CT molecular complexity index is 427. The topological polar surface area (TPSA) is 32.3 Å². The number of rotatable bonds is 3. The summed E-state index contributed by atoms with van der Waals surface area (Å²) in [5.41, 5.74) is 2.77. The third-order valence-electron chi connectivity index (χ3n) is 3.90. The van der Waals surface area contributed by atoms with E-state index in [2.05, 4.69) is 48.5 Å². The summed E-state index contributed by atoms with van der Waals surface area (Å²) in [7, 11) is 2.13. The average molecular weight is 260 g/mol. The Morgan fingerprint density at radius 2 is 2.00 bits per heavy atom. The van der Waals surface area contributed by atoms with E-state index in [4.69, 9.17) is 0 Å². The molecule has 1 saturated heterocycles. The molecule has 1 heterocycles. The normalized spacial score (nSPS) is 24.2. The first-order chi connectivity index (χ1) is 9.08. The fourth-order valence-corrected chi connectivity index (χ4v) is 2.98. The number of aryl methyl sites for hydroxylation is 1. The van der Waals surface area contributed by atoms with Crippen LogP contribution in [0.1, 0.15) is 37.3 Å². The number of nitrogens with zero attached hydrogens (tertiary/aromatic N) is 1. The maximum Gasteiger partial charge on any atom is 0.217 e. The predicted molar refractivity (Wildman–Crippen MR) is 78.3 cm³/mol. The van der Waals surface area contributed by atoms with Crippen LogP contribution in [-0.2, 0) is 11.2 Å². The highest BCUT2D eigenvalue weighted by Gasteiger charge is 2.26. The number of carbonyl (C=O) groups excluding carboxylic acids is 1. The van der Waals surface area contributed by atoms with Crippen molar-refractivity contribution < 1.29 is 4.79 Å². The zero-order valence-electron chi connectivity index (χ0n) is 12.1. The first kappa shape index (κ1) is 14.1. The molecule has 2 unspecified atom stereocenters. The monoisotopic (exact) mass is 260 g/mol. The van der Waals surface area contributed by atoms with Gasteiger partial charge in [-0.2, -0.15) is 0 Å². The minimum atomic E-state index is 0.0698. The molecular formula is C16H24N2O. The molecule has 0 aromatic heterocycles. The smallest absolute Gasteiger partial charge is 0.217 e. The Morgan fingerprint density at radius 3 is 2.58 bits per heavy atom. The van der Waals surface area contributed by atoms with Crippen LogP contribution in [0.4, 0.5) is 0 Å². The first-order valence-corrected chi connectivity index (χ1v) is 7.13. The maximum atomic E-state index is 11.2. The van der Waals surface area contributed by atoms with Crippen LogP contribution in [0.25, 0.3) is 0 Å². The number of likely N-dealkylation sites (N-methyl/N-ethyl adjacent to an activating group) is 1. The molecule has 0 bridgehead atoms. The molecule has 0 radical (unpaired) electrons. The van der Waals surface area contributed by atoms with Gasteiger partial charge in [-0.05, 0) is 36.9 Å². The summed E-state index contributed by atoms with van der Waals surface area (Å²) in [6.07, 6.45) is 2.12. The van der Waals surface area contributed by atoms with Crippen LogP contribution in [0, 0.1) is 0 Å². The number of likely N-dealkylation sites (tertiary alicyclic amines) is 1. The van der Waals surface area contributed by atoms with E-state index in [1.54, 1.807) is 6.92 Å². The van der Waals surface area contributed by atoms with Crippen molar-refractivity contribution in [3.05, 3.63) is 35.4 Å². The zero-order valence-corrected chi connectivity index (χ0v) is 12.1. The quantitative estimate of drug-likeness (QED) is 0.903. The van der Waals surface area contributed by atoms with E-state index in [9.17, 15) is 4.79 Å². The lowest BCUT2D eigenvalue weighted by molar-refractivity contribution is -0.120. The van der Waals surface area contributed by atoms with Gasteiger partial charge in [-0.15, -0.1) is 0 Å². The van der Waals surface area contributed by atoms with Crippen LogP contribution >= 0.6 is 0 Å². The lowest BCUT2D eigenvalue weighted by atomic mass is 9.87. The van der Waals surface area contributed by atoms with Crippen molar-refractivity contribution in [1.82, 2.24) is 10.2 Å². The minimum absolute atomic E-state index is 0.0698. The van der Waals surface area contributed by atoms with Gasteiger partial charge in [0.15, 0.2) is 0 Å². The van der Waals surface area contributed by atoms with Crippen molar-refractivity contribution in [2.45, 2.75) is 38.6 Å². The van der Waals surface area contributed by atoms with Crippen molar-refractivity contribution >= 4 is 5.91 Å². The molecule has 1 aromatic rings. The summed E-state index contributed by atoms with van der Waals surface area (Å²) in [6.45, 7) is 5.79. The molecule has 1 aliphatic rings. The van der Waals surface area contributed by atoms with Gasteiger partial charge < -0.3 is 10.2 Å². The summed E-state index contributed by atoms with van der Waals surface area (Å²) in [4.78, 5) is 13.5. The van der Waals surface area contributed by atoms with E-state index in [1.807, 2.05) is 0 Å². The molecule has 104 valence electrons. The van der Waals surface area contributed by atoms with Crippen molar-refractivity contribution in [3.8, 4) is 0 Å². The maximum absolute atomic E-state index is 11.2. The van der Waals surface area contributed by atoms with Crippen molar-refractivity contribution in [2.24, 2.45) is 0 Å². The molecule has 3 nitrogen and oxygen atoms in total. The Balaban J connectivity index is 2.07. The van der Waals surface area contributed by atoms with Gasteiger partial charge in [-0.25, -0.2) is 0 Å². The molecule has 1 N–H and O–H groups in total. The van der Waals surface area contributed by atoms with Crippen LogP contribution in [0.5, 0.6) is 0 Å². The predicted octanol–water partition coefficient (Wildman–Crippen LogP) is 2.17. The number of hydrogen-bond donors (Lipinski definition) is 1. The highest BCUT2D eigenvalue weighted by Crippen LogP contribution is 2.26. The minimum Gasteiger partial charge on any atom is -0.352 e. The molecule has 2 rings (SSSR count). The molecule has 1 amide bonds. The second-order valence-corrected chi connectivity index (χ2v) is 5.65. The number of benzene rings is 1. The van der Waals surface area contributed by atoms with Crippen LogP contribution in [-0.4, -0.2) is 37.0 Å². The van der Waals surface area contributed by atoms with E-state index in [-0.39, 0.29) is 11.9 Å². The third-order valence-corrected chi connectivity index (χ3v) is 3.90. The van der Waals surface area contributed by atoms with Gasteiger partial charge in [-0.1, -0.05) is 31.2 Å². The molecule has 2 atom stereocenters. The van der Waals surface area contributed by atoms with Crippen LogP contribution in [0.3, 0.4) is 0 Å². The summed E-state index contributed by atoms with van der Waals surface area (Å²) >= 11 is 0. The highest BCUT2D eigenvalue weighted by molar-refractivity contribution is 5.73. The van der Waals surface area contributed by atoms with Crippen molar-refractivity contribution in [2.75, 3.05) is 20.1 Å². The van der Waals surface area contributed by atoms with Gasteiger partial charge in [0.25, 0.3) is 0 Å². The first-order valence-electron chi connectivity index (χ1n) is 7.13. The SMILES string of the molecule is CCc1ccc(C2CC(NC(C)=O)CN(C)C2)cc1. The van der Waals surface area contributed by atoms with Crippen molar-refractivity contribution in [3.63, 3.8) is 0 Å². The number of carbonyl (C=O) groups is 1. The highest BCUT2D eigenvalue weighted by atomic mass is 16.1. The summed E-state index contributed by atoms with van der Waals surface area (Å²) in [6, 6.07) is 9.20. The molecule has 3 heteroatoms. The van der Waals surface area contributed by atoms with Gasteiger partial charge in [-0.3, -0.25) is 4.79 Å². The Hall–Kier alpha value is -1.35. The van der Waals surface area contributed by atoms with Gasteiger partial charge in [0.05, 0.1) is 0 Å². The van der Waals surface area contributed by atoms with E-state index in [0.717, 1.165) is 25.9 Å².